The Hall–Kier alpha value is -3.12. The molecule has 1 unspecified atom stereocenters. The number of hydrogen-bond donors (Lipinski definition) is 2. The molecule has 2 aliphatic heterocycles. The summed E-state index contributed by atoms with van der Waals surface area (Å²) in [6, 6.07) is 17.8. The van der Waals surface area contributed by atoms with Gasteiger partial charge in [-0.15, -0.1) is 0 Å². The average molecular weight is 446 g/mol. The molecule has 0 radical (unpaired) electrons. The van der Waals surface area contributed by atoms with E-state index in [-0.39, 0.29) is 17.4 Å². The summed E-state index contributed by atoms with van der Waals surface area (Å²) in [5.41, 5.74) is 2.64. The van der Waals surface area contributed by atoms with Crippen LogP contribution in [0.25, 0.3) is 10.9 Å². The second kappa shape index (κ2) is 9.40. The number of carbonyl (C=O) groups is 2. The lowest BCUT2D eigenvalue weighted by Gasteiger charge is -2.46. The minimum atomic E-state index is -0.209. The molecule has 0 saturated carbocycles. The van der Waals surface area contributed by atoms with E-state index in [2.05, 4.69) is 10.3 Å². The van der Waals surface area contributed by atoms with E-state index in [1.807, 2.05) is 65.7 Å². The van der Waals surface area contributed by atoms with Gasteiger partial charge in [0.15, 0.2) is 0 Å². The third-order valence-electron chi connectivity index (χ3n) is 7.19. The summed E-state index contributed by atoms with van der Waals surface area (Å²) < 4.78 is 6.26. The number of likely N-dealkylation sites (tertiary alicyclic amines) is 1. The summed E-state index contributed by atoms with van der Waals surface area (Å²) in [7, 11) is 0. The van der Waals surface area contributed by atoms with Crippen molar-refractivity contribution in [1.29, 1.82) is 0 Å². The van der Waals surface area contributed by atoms with Crippen molar-refractivity contribution in [3.05, 3.63) is 71.9 Å². The van der Waals surface area contributed by atoms with E-state index in [0.29, 0.717) is 38.6 Å². The van der Waals surface area contributed by atoms with E-state index in [4.69, 9.17) is 4.74 Å². The molecule has 0 bridgehead atoms. The van der Waals surface area contributed by atoms with Gasteiger partial charge in [0.2, 0.25) is 5.91 Å². The van der Waals surface area contributed by atoms with Crippen LogP contribution in [0.5, 0.6) is 0 Å². The molecule has 6 nitrogen and oxygen atoms in total. The molecule has 172 valence electrons. The number of benzene rings is 2. The number of ether oxygens (including phenoxy) is 1. The topological polar surface area (TPSA) is 74.4 Å². The van der Waals surface area contributed by atoms with Gasteiger partial charge in [0, 0.05) is 55.3 Å². The number of nitrogens with one attached hydrogen (secondary N) is 2. The van der Waals surface area contributed by atoms with Gasteiger partial charge in [0.1, 0.15) is 0 Å². The van der Waals surface area contributed by atoms with Crippen molar-refractivity contribution >= 4 is 22.7 Å². The van der Waals surface area contributed by atoms with Gasteiger partial charge in [-0.05, 0) is 55.4 Å². The predicted octanol–water partition coefficient (Wildman–Crippen LogP) is 4.28. The largest absolute Gasteiger partial charge is 0.375 e. The van der Waals surface area contributed by atoms with Crippen molar-refractivity contribution in [2.24, 2.45) is 5.92 Å². The Labute approximate surface area is 194 Å². The Morgan fingerprint density at radius 1 is 1.06 bits per heavy atom. The van der Waals surface area contributed by atoms with Gasteiger partial charge in [-0.1, -0.05) is 36.4 Å². The molecule has 2 aliphatic rings. The van der Waals surface area contributed by atoms with Crippen LogP contribution in [-0.2, 0) is 16.1 Å². The Morgan fingerprint density at radius 3 is 2.70 bits per heavy atom. The molecular weight excluding hydrogens is 414 g/mol. The van der Waals surface area contributed by atoms with Crippen LogP contribution < -0.4 is 5.32 Å². The standard InChI is InChI=1S/C27H31N3O3/c31-25(29-19-20-5-2-1-3-6-20)17-21-10-16-33-27(18-21)11-14-30(15-12-27)26(32)23-7-4-8-24-22(23)9-13-28-24/h1-9,13,21,28H,10-12,14-19H2,(H,29,31). The summed E-state index contributed by atoms with van der Waals surface area (Å²) in [6.45, 7) is 2.63. The molecule has 3 aromatic rings. The van der Waals surface area contributed by atoms with Crippen LogP contribution in [-0.4, -0.2) is 47.0 Å². The van der Waals surface area contributed by atoms with Gasteiger partial charge in [-0.3, -0.25) is 9.59 Å². The quantitative estimate of drug-likeness (QED) is 0.616. The molecule has 3 heterocycles. The molecular formula is C27H31N3O3. The van der Waals surface area contributed by atoms with Crippen LogP contribution >= 0.6 is 0 Å². The number of piperidine rings is 1. The van der Waals surface area contributed by atoms with E-state index in [1.54, 1.807) is 0 Å². The van der Waals surface area contributed by atoms with Crippen LogP contribution in [0.1, 0.15) is 48.0 Å². The van der Waals surface area contributed by atoms with E-state index in [1.165, 1.54) is 0 Å². The summed E-state index contributed by atoms with van der Waals surface area (Å²) in [4.78, 5) is 30.9. The number of rotatable bonds is 5. The number of fused-ring (bicyclic) bond motifs is 1. The first-order valence-corrected chi connectivity index (χ1v) is 11.9. The Kier molecular flexibility index (Phi) is 6.18. The van der Waals surface area contributed by atoms with Gasteiger partial charge >= 0.3 is 0 Å². The molecule has 2 saturated heterocycles. The highest BCUT2D eigenvalue weighted by atomic mass is 16.5. The minimum absolute atomic E-state index is 0.0858. The highest BCUT2D eigenvalue weighted by Gasteiger charge is 2.41. The van der Waals surface area contributed by atoms with Crippen molar-refractivity contribution in [3.8, 4) is 0 Å². The van der Waals surface area contributed by atoms with Crippen LogP contribution in [0.3, 0.4) is 0 Å². The van der Waals surface area contributed by atoms with E-state index in [0.717, 1.165) is 47.7 Å². The number of aromatic nitrogens is 1. The first-order chi connectivity index (χ1) is 16.1. The van der Waals surface area contributed by atoms with Crippen molar-refractivity contribution in [3.63, 3.8) is 0 Å². The fourth-order valence-corrected chi connectivity index (χ4v) is 5.34. The zero-order valence-corrected chi connectivity index (χ0v) is 18.9. The molecule has 1 atom stereocenters. The lowest BCUT2D eigenvalue weighted by molar-refractivity contribution is -0.134. The summed E-state index contributed by atoms with van der Waals surface area (Å²) >= 11 is 0. The highest BCUT2D eigenvalue weighted by molar-refractivity contribution is 6.06. The number of aromatic amines is 1. The third kappa shape index (κ3) is 4.81. The fourth-order valence-electron chi connectivity index (χ4n) is 5.34. The second-order valence-electron chi connectivity index (χ2n) is 9.39. The lowest BCUT2D eigenvalue weighted by atomic mass is 9.78. The first kappa shape index (κ1) is 21.7. The maximum Gasteiger partial charge on any atom is 0.254 e. The second-order valence-corrected chi connectivity index (χ2v) is 9.39. The average Bonchev–Trinajstić information content (AvgIpc) is 3.33. The SMILES string of the molecule is O=C(CC1CCOC2(CCN(C(=O)c3cccc4[nH]ccc34)CC2)C1)NCc1ccccc1. The normalized spacial score (nSPS) is 20.1. The molecule has 2 N–H and O–H groups in total. The highest BCUT2D eigenvalue weighted by Crippen LogP contribution is 2.39. The van der Waals surface area contributed by atoms with E-state index in [9.17, 15) is 9.59 Å². The maximum atomic E-state index is 13.2. The van der Waals surface area contributed by atoms with Crippen LogP contribution in [0, 0.1) is 5.92 Å². The molecule has 1 aromatic heterocycles. The van der Waals surface area contributed by atoms with Crippen LogP contribution in [0.2, 0.25) is 0 Å². The summed E-state index contributed by atoms with van der Waals surface area (Å²) in [6.07, 6.45) is 5.86. The summed E-state index contributed by atoms with van der Waals surface area (Å²) in [5.74, 6) is 0.515. The molecule has 6 heteroatoms. The van der Waals surface area contributed by atoms with Gasteiger partial charge in [-0.25, -0.2) is 0 Å². The Balaban J connectivity index is 1.15. The fraction of sp³-hybridized carbons (Fsp3) is 0.407. The van der Waals surface area contributed by atoms with Gasteiger partial charge in [0.05, 0.1) is 5.60 Å². The van der Waals surface area contributed by atoms with Gasteiger partial charge in [-0.2, -0.15) is 0 Å². The number of amides is 2. The smallest absolute Gasteiger partial charge is 0.254 e. The molecule has 0 aliphatic carbocycles. The lowest BCUT2D eigenvalue weighted by Crippen LogP contribution is -2.51. The molecule has 2 amide bonds. The first-order valence-electron chi connectivity index (χ1n) is 11.9. The molecule has 2 aromatic carbocycles. The molecule has 5 rings (SSSR count). The van der Waals surface area contributed by atoms with Crippen LogP contribution in [0.15, 0.2) is 60.8 Å². The summed E-state index contributed by atoms with van der Waals surface area (Å²) in [5, 5.41) is 4.03. The number of hydrogen-bond acceptors (Lipinski definition) is 3. The van der Waals surface area contributed by atoms with E-state index >= 15 is 0 Å². The molecule has 2 fully saturated rings. The zero-order chi connectivity index (χ0) is 22.7. The van der Waals surface area contributed by atoms with Gasteiger partial charge < -0.3 is 19.9 Å². The van der Waals surface area contributed by atoms with Crippen molar-refractivity contribution in [2.75, 3.05) is 19.7 Å². The number of H-pyrrole nitrogens is 1. The third-order valence-corrected chi connectivity index (χ3v) is 7.19. The maximum absolute atomic E-state index is 13.2. The predicted molar refractivity (Wildman–Crippen MR) is 128 cm³/mol. The number of nitrogens with zero attached hydrogens (tertiary/aromatic N) is 1. The van der Waals surface area contributed by atoms with Crippen molar-refractivity contribution in [1.82, 2.24) is 15.2 Å². The van der Waals surface area contributed by atoms with Gasteiger partial charge in [0.25, 0.3) is 5.91 Å². The van der Waals surface area contributed by atoms with Crippen LogP contribution in [0.4, 0.5) is 0 Å². The molecule has 33 heavy (non-hydrogen) atoms. The number of carbonyl (C=O) groups excluding carboxylic acids is 2. The minimum Gasteiger partial charge on any atom is -0.375 e. The molecule has 1 spiro atoms. The van der Waals surface area contributed by atoms with Crippen molar-refractivity contribution < 1.29 is 14.3 Å². The monoisotopic (exact) mass is 445 g/mol. The Morgan fingerprint density at radius 2 is 1.88 bits per heavy atom. The van der Waals surface area contributed by atoms with E-state index < -0.39 is 0 Å². The zero-order valence-electron chi connectivity index (χ0n) is 18.9. The van der Waals surface area contributed by atoms with Crippen molar-refractivity contribution in [2.45, 2.75) is 44.2 Å². The Bertz CT molecular complexity index is 1120.